The van der Waals surface area contributed by atoms with Gasteiger partial charge in [0.1, 0.15) is 11.5 Å². The predicted octanol–water partition coefficient (Wildman–Crippen LogP) is 6.41. The number of fused-ring (bicyclic) bond motifs is 4. The summed E-state index contributed by atoms with van der Waals surface area (Å²) in [4.78, 5) is 14.4. The van der Waals surface area contributed by atoms with Crippen molar-refractivity contribution in [3.8, 4) is 0 Å². The largest absolute Gasteiger partial charge is 0.498 e. The van der Waals surface area contributed by atoms with Crippen LogP contribution in [-0.2, 0) is 19.6 Å². The zero-order valence-corrected chi connectivity index (χ0v) is 23.9. The van der Waals surface area contributed by atoms with Crippen molar-refractivity contribution in [1.82, 2.24) is 4.31 Å². The van der Waals surface area contributed by atoms with Gasteiger partial charge >= 0.3 is 0 Å². The molecule has 1 aliphatic heterocycles. The number of Topliss-reactive ketones (excluding diaryl/α,β-unsaturated/α-hetero) is 1. The summed E-state index contributed by atoms with van der Waals surface area (Å²) in [5.74, 6) is -0.528. The second-order valence-electron chi connectivity index (χ2n) is 11.5. The molecule has 0 spiro atoms. The average Bonchev–Trinajstić information content (AvgIpc) is 3.32. The molecule has 2 bridgehead atoms. The Balaban J connectivity index is 1.60. The SMILES string of the molecule is COC1=C2C(C3C(=O)C1C(c1ccc(C)cc1)C3C)[C@H](C)[C@@H](c1ccc(C)cc1)N2S(=O)(=O)c1ccccc1. The Morgan fingerprint density at radius 3 is 1.85 bits per heavy atom. The molecule has 0 amide bonds. The van der Waals surface area contributed by atoms with Gasteiger partial charge in [-0.25, -0.2) is 8.42 Å². The molecular weight excluding hydrogens is 506 g/mol. The van der Waals surface area contributed by atoms with Crippen LogP contribution in [0.4, 0.5) is 0 Å². The molecule has 1 saturated carbocycles. The van der Waals surface area contributed by atoms with Crippen molar-refractivity contribution in [3.63, 3.8) is 0 Å². The molecule has 7 atom stereocenters. The molecule has 1 saturated heterocycles. The van der Waals surface area contributed by atoms with Gasteiger partial charge in [0, 0.05) is 17.8 Å². The number of allylic oxidation sites excluding steroid dienone is 2. The van der Waals surface area contributed by atoms with E-state index in [2.05, 4.69) is 45.0 Å². The van der Waals surface area contributed by atoms with Gasteiger partial charge in [0.05, 0.1) is 29.7 Å². The smallest absolute Gasteiger partial charge is 0.264 e. The summed E-state index contributed by atoms with van der Waals surface area (Å²) in [6.45, 7) is 8.33. The lowest BCUT2D eigenvalue weighted by atomic mass is 9.72. The highest BCUT2D eigenvalue weighted by molar-refractivity contribution is 7.89. The summed E-state index contributed by atoms with van der Waals surface area (Å²) in [6.07, 6.45) is 0. The zero-order chi connectivity index (χ0) is 27.6. The third-order valence-corrected chi connectivity index (χ3v) is 11.1. The van der Waals surface area contributed by atoms with Crippen LogP contribution in [0.5, 0.6) is 0 Å². The van der Waals surface area contributed by atoms with E-state index in [9.17, 15) is 13.2 Å². The van der Waals surface area contributed by atoms with Crippen LogP contribution in [-0.4, -0.2) is 25.6 Å². The molecule has 39 heavy (non-hydrogen) atoms. The highest BCUT2D eigenvalue weighted by Gasteiger charge is 2.65. The van der Waals surface area contributed by atoms with Gasteiger partial charge in [0.25, 0.3) is 10.0 Å². The number of carbonyl (C=O) groups excluding carboxylic acids is 1. The summed E-state index contributed by atoms with van der Waals surface area (Å²) in [5, 5.41) is 0. The number of benzene rings is 3. The minimum absolute atomic E-state index is 0.0401. The first-order valence-corrected chi connectivity index (χ1v) is 15.1. The predicted molar refractivity (Wildman–Crippen MR) is 151 cm³/mol. The number of hydrogen-bond acceptors (Lipinski definition) is 4. The lowest BCUT2D eigenvalue weighted by Gasteiger charge is -2.33. The number of nitrogens with zero attached hydrogens (tertiary/aromatic N) is 1. The fourth-order valence-corrected chi connectivity index (χ4v) is 9.37. The maximum Gasteiger partial charge on any atom is 0.264 e. The molecule has 0 N–H and O–H groups in total. The van der Waals surface area contributed by atoms with Gasteiger partial charge < -0.3 is 4.74 Å². The van der Waals surface area contributed by atoms with Crippen LogP contribution in [0.15, 0.2) is 95.2 Å². The number of hydrogen-bond donors (Lipinski definition) is 0. The third-order valence-electron chi connectivity index (χ3n) is 9.32. The van der Waals surface area contributed by atoms with E-state index in [0.29, 0.717) is 11.5 Å². The molecular formula is C33H35NO4S. The monoisotopic (exact) mass is 541 g/mol. The topological polar surface area (TPSA) is 63.7 Å². The lowest BCUT2D eigenvalue weighted by Crippen LogP contribution is -2.37. The maximum absolute atomic E-state index is 14.5. The number of sulfonamides is 1. The highest BCUT2D eigenvalue weighted by Crippen LogP contribution is 2.64. The van der Waals surface area contributed by atoms with Crippen molar-refractivity contribution in [3.05, 3.63) is 113 Å². The minimum atomic E-state index is -3.95. The van der Waals surface area contributed by atoms with Crippen LogP contribution in [0.2, 0.25) is 0 Å². The van der Waals surface area contributed by atoms with E-state index in [1.807, 2.05) is 37.3 Å². The Kier molecular flexibility index (Phi) is 6.22. The Morgan fingerprint density at radius 2 is 1.28 bits per heavy atom. The molecule has 5 nitrogen and oxygen atoms in total. The molecule has 2 fully saturated rings. The van der Waals surface area contributed by atoms with Crippen LogP contribution >= 0.6 is 0 Å². The molecule has 6 heteroatoms. The molecule has 1 heterocycles. The average molecular weight is 542 g/mol. The van der Waals surface area contributed by atoms with Crippen molar-refractivity contribution >= 4 is 15.8 Å². The van der Waals surface area contributed by atoms with Crippen LogP contribution in [0, 0.1) is 43.4 Å². The molecule has 3 aliphatic rings. The van der Waals surface area contributed by atoms with Crippen LogP contribution < -0.4 is 0 Å². The van der Waals surface area contributed by atoms with Crippen LogP contribution in [0.25, 0.3) is 0 Å². The lowest BCUT2D eigenvalue weighted by molar-refractivity contribution is -0.126. The number of aryl methyl sites for hydroxylation is 2. The number of ether oxygens (including phenoxy) is 1. The number of carbonyl (C=O) groups is 1. The van der Waals surface area contributed by atoms with Crippen molar-refractivity contribution in [2.24, 2.45) is 29.6 Å². The van der Waals surface area contributed by atoms with E-state index in [1.54, 1.807) is 35.7 Å². The summed E-state index contributed by atoms with van der Waals surface area (Å²) < 4.78 is 36.7. The second kappa shape index (κ2) is 9.37. The molecule has 3 aromatic rings. The highest BCUT2D eigenvalue weighted by atomic mass is 32.2. The van der Waals surface area contributed by atoms with Gasteiger partial charge in [-0.3, -0.25) is 9.10 Å². The van der Waals surface area contributed by atoms with E-state index in [-0.39, 0.29) is 40.3 Å². The van der Waals surface area contributed by atoms with Gasteiger partial charge in [0.2, 0.25) is 0 Å². The van der Waals surface area contributed by atoms with E-state index in [1.165, 1.54) is 0 Å². The Labute approximate surface area is 231 Å². The van der Waals surface area contributed by atoms with Gasteiger partial charge in [-0.1, -0.05) is 91.7 Å². The van der Waals surface area contributed by atoms with E-state index >= 15 is 0 Å². The molecule has 3 aromatic carbocycles. The fourth-order valence-electron chi connectivity index (χ4n) is 7.56. The Morgan fingerprint density at radius 1 is 0.718 bits per heavy atom. The first-order valence-electron chi connectivity index (χ1n) is 13.7. The van der Waals surface area contributed by atoms with Crippen LogP contribution in [0.3, 0.4) is 0 Å². The molecule has 2 aliphatic carbocycles. The molecule has 202 valence electrons. The van der Waals surface area contributed by atoms with Crippen molar-refractivity contribution in [1.29, 1.82) is 0 Å². The molecule has 0 radical (unpaired) electrons. The number of methoxy groups -OCH3 is 1. The standard InChI is InChI=1S/C33H35NO4S/c1-19-11-15-23(16-12-19)26-21(3)28-27-22(4)30(24-17-13-20(2)14-18-24)34(31(27)33(38-5)29(26)32(28)35)39(36,37)25-9-7-6-8-10-25/h6-18,21-22,26-30H,1-5H3/t21?,22-,26?,27?,28?,29?,30-/m0/s1. The third kappa shape index (κ3) is 3.79. The van der Waals surface area contributed by atoms with Gasteiger partial charge in [-0.15, -0.1) is 0 Å². The van der Waals surface area contributed by atoms with E-state index < -0.39 is 22.0 Å². The van der Waals surface area contributed by atoms with E-state index in [4.69, 9.17) is 4.74 Å². The van der Waals surface area contributed by atoms with Crippen molar-refractivity contribution in [2.45, 2.75) is 44.6 Å². The summed E-state index contributed by atoms with van der Waals surface area (Å²) in [7, 11) is -2.37. The summed E-state index contributed by atoms with van der Waals surface area (Å²) >= 11 is 0. The summed E-state index contributed by atoms with van der Waals surface area (Å²) in [6, 6.07) is 24.6. The fraction of sp³-hybridized carbons (Fsp3) is 0.364. The number of rotatable bonds is 5. The maximum atomic E-state index is 14.5. The quantitative estimate of drug-likeness (QED) is 0.375. The molecule has 5 unspecified atom stereocenters. The van der Waals surface area contributed by atoms with Gasteiger partial charge in [-0.2, -0.15) is 0 Å². The zero-order valence-electron chi connectivity index (χ0n) is 23.0. The van der Waals surface area contributed by atoms with E-state index in [0.717, 1.165) is 22.3 Å². The Bertz CT molecular complexity index is 1540. The first kappa shape index (κ1) is 25.9. The second-order valence-corrected chi connectivity index (χ2v) is 13.3. The normalized spacial score (nSPS) is 30.0. The first-order chi connectivity index (χ1) is 18.7. The van der Waals surface area contributed by atoms with Gasteiger partial charge in [-0.05, 0) is 48.9 Å². The van der Waals surface area contributed by atoms with Crippen molar-refractivity contribution in [2.75, 3.05) is 7.11 Å². The van der Waals surface area contributed by atoms with Crippen molar-refractivity contribution < 1.29 is 17.9 Å². The molecule has 0 aromatic heterocycles. The summed E-state index contributed by atoms with van der Waals surface area (Å²) in [5.41, 5.74) is 4.96. The Hall–Kier alpha value is -3.38. The molecule has 6 rings (SSSR count). The van der Waals surface area contributed by atoms with Gasteiger partial charge in [0.15, 0.2) is 0 Å². The minimum Gasteiger partial charge on any atom is -0.498 e. The number of ketones is 1. The van der Waals surface area contributed by atoms with Crippen LogP contribution in [0.1, 0.15) is 48.1 Å².